The van der Waals surface area contributed by atoms with Gasteiger partial charge >= 0.3 is 11.9 Å². The molecule has 0 fully saturated rings. The molecule has 0 unspecified atom stereocenters. The van der Waals surface area contributed by atoms with Crippen LogP contribution in [0.3, 0.4) is 0 Å². The maximum atomic E-state index is 11.0. The number of rotatable bonds is 6. The van der Waals surface area contributed by atoms with Gasteiger partial charge in [-0.3, -0.25) is 9.59 Å². The van der Waals surface area contributed by atoms with Gasteiger partial charge in [-0.2, -0.15) is 0 Å². The average Bonchev–Trinajstić information content (AvgIpc) is 2.44. The van der Waals surface area contributed by atoms with Crippen molar-refractivity contribution in [2.75, 3.05) is 18.0 Å². The third-order valence-electron chi connectivity index (χ3n) is 3.07. The molecule has 0 aliphatic heterocycles. The Balaban J connectivity index is 2.62. The lowest BCUT2D eigenvalue weighted by atomic mass is 10.1. The quantitative estimate of drug-likeness (QED) is 0.837. The molecule has 116 valence electrons. The zero-order valence-corrected chi connectivity index (χ0v) is 12.4. The van der Waals surface area contributed by atoms with Crippen molar-refractivity contribution < 1.29 is 19.8 Å². The van der Waals surface area contributed by atoms with Gasteiger partial charge in [0.15, 0.2) is 0 Å². The molecular formula is C15H17N3O4. The van der Waals surface area contributed by atoms with E-state index in [-0.39, 0.29) is 5.92 Å². The zero-order valence-electron chi connectivity index (χ0n) is 12.4. The second-order valence-electron chi connectivity index (χ2n) is 5.22. The largest absolute Gasteiger partial charge is 0.480 e. The fourth-order valence-corrected chi connectivity index (χ4v) is 2.11. The van der Waals surface area contributed by atoms with Gasteiger partial charge in [0.2, 0.25) is 0 Å². The lowest BCUT2D eigenvalue weighted by Crippen LogP contribution is -2.35. The average molecular weight is 303 g/mol. The highest BCUT2D eigenvalue weighted by Crippen LogP contribution is 2.25. The van der Waals surface area contributed by atoms with E-state index in [2.05, 4.69) is 9.97 Å². The molecule has 0 bridgehead atoms. The standard InChI is InChI=1S/C15H17N3O4/c1-9(2)14-16-11-6-4-3-5-10(11)15(17-14)18(7-12(19)20)8-13(21)22/h3-6,9H,7-8H2,1-2H3,(H,19,20)(H,21,22). The lowest BCUT2D eigenvalue weighted by Gasteiger charge is -2.22. The van der Waals surface area contributed by atoms with Gasteiger partial charge < -0.3 is 15.1 Å². The minimum Gasteiger partial charge on any atom is -0.480 e. The monoisotopic (exact) mass is 303 g/mol. The second kappa shape index (κ2) is 6.38. The fraction of sp³-hybridized carbons (Fsp3) is 0.333. The van der Waals surface area contributed by atoms with E-state index in [4.69, 9.17) is 10.2 Å². The summed E-state index contributed by atoms with van der Waals surface area (Å²) in [6, 6.07) is 7.16. The van der Waals surface area contributed by atoms with Crippen LogP contribution in [0.4, 0.5) is 5.82 Å². The van der Waals surface area contributed by atoms with Gasteiger partial charge in [-0.15, -0.1) is 0 Å². The van der Waals surface area contributed by atoms with E-state index in [1.54, 1.807) is 18.2 Å². The molecule has 2 rings (SSSR count). The fourth-order valence-electron chi connectivity index (χ4n) is 2.11. The van der Waals surface area contributed by atoms with Crippen LogP contribution in [0.15, 0.2) is 24.3 Å². The predicted octanol–water partition coefficient (Wildman–Crippen LogP) is 1.73. The summed E-state index contributed by atoms with van der Waals surface area (Å²) < 4.78 is 0. The summed E-state index contributed by atoms with van der Waals surface area (Å²) in [5, 5.41) is 18.7. The topological polar surface area (TPSA) is 104 Å². The number of hydrogen-bond acceptors (Lipinski definition) is 5. The van der Waals surface area contributed by atoms with Crippen molar-refractivity contribution in [3.05, 3.63) is 30.1 Å². The highest BCUT2D eigenvalue weighted by atomic mass is 16.4. The Morgan fingerprint density at radius 2 is 1.68 bits per heavy atom. The summed E-state index contributed by atoms with van der Waals surface area (Å²) in [5.41, 5.74) is 0.664. The normalized spacial score (nSPS) is 10.9. The van der Waals surface area contributed by atoms with Crippen LogP contribution in [-0.4, -0.2) is 45.2 Å². The minimum atomic E-state index is -1.12. The van der Waals surface area contributed by atoms with Gasteiger partial charge in [0.25, 0.3) is 0 Å². The van der Waals surface area contributed by atoms with Crippen molar-refractivity contribution in [1.29, 1.82) is 0 Å². The van der Waals surface area contributed by atoms with E-state index in [0.717, 1.165) is 0 Å². The van der Waals surface area contributed by atoms with Crippen molar-refractivity contribution in [2.45, 2.75) is 19.8 Å². The molecule has 0 saturated carbocycles. The van der Waals surface area contributed by atoms with Crippen LogP contribution >= 0.6 is 0 Å². The van der Waals surface area contributed by atoms with E-state index in [9.17, 15) is 9.59 Å². The molecule has 7 heteroatoms. The molecule has 0 amide bonds. The molecule has 1 heterocycles. The Labute approximate surface area is 127 Å². The first-order valence-electron chi connectivity index (χ1n) is 6.83. The lowest BCUT2D eigenvalue weighted by molar-refractivity contribution is -0.136. The molecule has 0 aliphatic carbocycles. The number of carboxylic acids is 2. The molecule has 2 aromatic rings. The Morgan fingerprint density at radius 1 is 1.09 bits per heavy atom. The number of carboxylic acid groups (broad SMARTS) is 2. The van der Waals surface area contributed by atoms with E-state index < -0.39 is 25.0 Å². The summed E-state index contributed by atoms with van der Waals surface area (Å²) in [7, 11) is 0. The summed E-state index contributed by atoms with van der Waals surface area (Å²) in [5.74, 6) is -1.31. The number of fused-ring (bicyclic) bond motifs is 1. The van der Waals surface area contributed by atoms with E-state index in [0.29, 0.717) is 22.5 Å². The number of aliphatic carboxylic acids is 2. The van der Waals surface area contributed by atoms with E-state index in [1.807, 2.05) is 19.9 Å². The number of nitrogens with zero attached hydrogens (tertiary/aromatic N) is 3. The van der Waals surface area contributed by atoms with Crippen molar-refractivity contribution in [2.24, 2.45) is 0 Å². The van der Waals surface area contributed by atoms with Gasteiger partial charge in [0.1, 0.15) is 24.7 Å². The Kier molecular flexibility index (Phi) is 4.55. The van der Waals surface area contributed by atoms with Gasteiger partial charge in [-0.1, -0.05) is 26.0 Å². The van der Waals surface area contributed by atoms with E-state index in [1.165, 1.54) is 4.90 Å². The van der Waals surface area contributed by atoms with Crippen molar-refractivity contribution in [1.82, 2.24) is 9.97 Å². The highest BCUT2D eigenvalue weighted by molar-refractivity contribution is 5.92. The minimum absolute atomic E-state index is 0.0415. The summed E-state index contributed by atoms with van der Waals surface area (Å²) in [6.07, 6.45) is 0. The predicted molar refractivity (Wildman–Crippen MR) is 81.1 cm³/mol. The number of carbonyl (C=O) groups is 2. The molecule has 2 N–H and O–H groups in total. The maximum absolute atomic E-state index is 11.0. The molecule has 0 atom stereocenters. The van der Waals surface area contributed by atoms with Crippen molar-refractivity contribution in [3.63, 3.8) is 0 Å². The first-order chi connectivity index (χ1) is 10.4. The van der Waals surface area contributed by atoms with Crippen molar-refractivity contribution >= 4 is 28.7 Å². The Bertz CT molecular complexity index is 699. The first-order valence-corrected chi connectivity index (χ1v) is 6.83. The molecule has 1 aromatic carbocycles. The molecule has 0 radical (unpaired) electrons. The first kappa shape index (κ1) is 15.7. The third-order valence-corrected chi connectivity index (χ3v) is 3.07. The molecule has 0 saturated heterocycles. The maximum Gasteiger partial charge on any atom is 0.323 e. The van der Waals surface area contributed by atoms with Crippen LogP contribution in [0.2, 0.25) is 0 Å². The molecule has 7 nitrogen and oxygen atoms in total. The Hall–Kier alpha value is -2.70. The third kappa shape index (κ3) is 3.49. The van der Waals surface area contributed by atoms with Crippen LogP contribution in [0.1, 0.15) is 25.6 Å². The van der Waals surface area contributed by atoms with Crippen LogP contribution in [0.25, 0.3) is 10.9 Å². The SMILES string of the molecule is CC(C)c1nc(N(CC(=O)O)CC(=O)O)c2ccccc2n1. The summed E-state index contributed by atoms with van der Waals surface area (Å²) in [6.45, 7) is 2.97. The second-order valence-corrected chi connectivity index (χ2v) is 5.22. The number of hydrogen-bond donors (Lipinski definition) is 2. The zero-order chi connectivity index (χ0) is 16.3. The number of para-hydroxylation sites is 1. The molecule has 1 aromatic heterocycles. The molecule has 22 heavy (non-hydrogen) atoms. The molecular weight excluding hydrogens is 286 g/mol. The smallest absolute Gasteiger partial charge is 0.323 e. The van der Waals surface area contributed by atoms with Gasteiger partial charge in [0.05, 0.1) is 5.52 Å². The number of aromatic nitrogens is 2. The number of anilines is 1. The number of benzene rings is 1. The highest BCUT2D eigenvalue weighted by Gasteiger charge is 2.20. The van der Waals surface area contributed by atoms with Gasteiger partial charge in [-0.25, -0.2) is 9.97 Å². The van der Waals surface area contributed by atoms with Crippen LogP contribution in [0.5, 0.6) is 0 Å². The summed E-state index contributed by atoms with van der Waals surface area (Å²) >= 11 is 0. The Morgan fingerprint density at radius 3 is 2.23 bits per heavy atom. The van der Waals surface area contributed by atoms with Gasteiger partial charge in [0, 0.05) is 11.3 Å². The van der Waals surface area contributed by atoms with Crippen LogP contribution in [-0.2, 0) is 9.59 Å². The van der Waals surface area contributed by atoms with Crippen LogP contribution < -0.4 is 4.90 Å². The van der Waals surface area contributed by atoms with E-state index >= 15 is 0 Å². The van der Waals surface area contributed by atoms with Crippen molar-refractivity contribution in [3.8, 4) is 0 Å². The summed E-state index contributed by atoms with van der Waals surface area (Å²) in [4.78, 5) is 32.2. The van der Waals surface area contributed by atoms with Gasteiger partial charge in [-0.05, 0) is 12.1 Å². The molecule has 0 spiro atoms. The van der Waals surface area contributed by atoms with Crippen LogP contribution in [0, 0.1) is 0 Å². The molecule has 0 aliphatic rings.